The van der Waals surface area contributed by atoms with Crippen molar-refractivity contribution in [3.8, 4) is 0 Å². The topological polar surface area (TPSA) is 63.8 Å². The average molecular weight is 260 g/mol. The number of nitrogens with two attached hydrogens (primary N) is 1. The van der Waals surface area contributed by atoms with Crippen molar-refractivity contribution in [1.29, 1.82) is 0 Å². The summed E-state index contributed by atoms with van der Waals surface area (Å²) in [6.45, 7) is 0. The highest BCUT2D eigenvalue weighted by molar-refractivity contribution is 7.99. The first-order valence-electron chi connectivity index (χ1n) is 6.19. The molecule has 1 unspecified atom stereocenters. The van der Waals surface area contributed by atoms with Crippen LogP contribution in [0.1, 0.15) is 12.8 Å². The number of hydrogen-bond donors (Lipinski definition) is 2. The number of thioether (sulfide) groups is 1. The van der Waals surface area contributed by atoms with E-state index in [9.17, 15) is 0 Å². The Balaban J connectivity index is 1.87. The van der Waals surface area contributed by atoms with Gasteiger partial charge < -0.3 is 11.1 Å². The van der Waals surface area contributed by atoms with E-state index in [1.54, 1.807) is 0 Å². The molecule has 5 heteroatoms. The lowest BCUT2D eigenvalue weighted by atomic mass is 10.2. The Morgan fingerprint density at radius 2 is 2.17 bits per heavy atom. The van der Waals surface area contributed by atoms with E-state index in [1.165, 1.54) is 18.6 Å². The van der Waals surface area contributed by atoms with Crippen LogP contribution in [0.5, 0.6) is 0 Å². The number of para-hydroxylation sites is 1. The van der Waals surface area contributed by atoms with Gasteiger partial charge in [0.15, 0.2) is 0 Å². The molecule has 94 valence electrons. The van der Waals surface area contributed by atoms with Gasteiger partial charge >= 0.3 is 0 Å². The molecule has 3 rings (SSSR count). The highest BCUT2D eigenvalue weighted by Gasteiger charge is 2.15. The van der Waals surface area contributed by atoms with Gasteiger partial charge in [-0.15, -0.1) is 0 Å². The van der Waals surface area contributed by atoms with E-state index in [1.807, 2.05) is 36.0 Å². The van der Waals surface area contributed by atoms with Crippen LogP contribution in [0, 0.1) is 0 Å². The second-order valence-electron chi connectivity index (χ2n) is 4.51. The van der Waals surface area contributed by atoms with Gasteiger partial charge in [0.2, 0.25) is 5.95 Å². The third-order valence-corrected chi connectivity index (χ3v) is 4.34. The second kappa shape index (κ2) is 5.02. The zero-order chi connectivity index (χ0) is 12.4. The van der Waals surface area contributed by atoms with Crippen LogP contribution in [0.4, 0.5) is 11.8 Å². The molecule has 0 saturated carbocycles. The molecule has 4 nitrogen and oxygen atoms in total. The lowest BCUT2D eigenvalue weighted by molar-refractivity contribution is 0.679. The van der Waals surface area contributed by atoms with Crippen LogP contribution in [0.2, 0.25) is 0 Å². The molecule has 1 aliphatic rings. The van der Waals surface area contributed by atoms with Crippen molar-refractivity contribution in [2.24, 2.45) is 0 Å². The molecule has 3 N–H and O–H groups in total. The van der Waals surface area contributed by atoms with Crippen LogP contribution < -0.4 is 11.1 Å². The molecule has 0 aliphatic carbocycles. The minimum atomic E-state index is 0.462. The van der Waals surface area contributed by atoms with Crippen LogP contribution in [-0.2, 0) is 0 Å². The second-order valence-corrected chi connectivity index (χ2v) is 5.66. The number of benzene rings is 1. The van der Waals surface area contributed by atoms with Crippen LogP contribution >= 0.6 is 11.8 Å². The smallest absolute Gasteiger partial charge is 0.225 e. The van der Waals surface area contributed by atoms with Gasteiger partial charge in [-0.1, -0.05) is 12.1 Å². The lowest BCUT2D eigenvalue weighted by Crippen LogP contribution is -2.26. The van der Waals surface area contributed by atoms with Gasteiger partial charge in [0.05, 0.1) is 5.52 Å². The molecule has 1 aromatic heterocycles. The predicted molar refractivity (Wildman–Crippen MR) is 77.9 cm³/mol. The molecule has 2 heterocycles. The Bertz CT molecular complexity index is 552. The summed E-state index contributed by atoms with van der Waals surface area (Å²) in [6.07, 6.45) is 2.44. The number of nitrogens with one attached hydrogen (secondary N) is 1. The van der Waals surface area contributed by atoms with Crippen molar-refractivity contribution in [2.45, 2.75) is 18.9 Å². The molecular formula is C13H16N4S. The van der Waals surface area contributed by atoms with Gasteiger partial charge in [-0.2, -0.15) is 16.7 Å². The van der Waals surface area contributed by atoms with Gasteiger partial charge in [-0.25, -0.2) is 4.98 Å². The van der Waals surface area contributed by atoms with Crippen molar-refractivity contribution in [3.05, 3.63) is 24.3 Å². The third kappa shape index (κ3) is 2.36. The Morgan fingerprint density at radius 1 is 1.28 bits per heavy atom. The highest BCUT2D eigenvalue weighted by Crippen LogP contribution is 2.22. The highest BCUT2D eigenvalue weighted by atomic mass is 32.2. The van der Waals surface area contributed by atoms with Gasteiger partial charge in [0.25, 0.3) is 0 Å². The molecule has 0 spiro atoms. The summed E-state index contributed by atoms with van der Waals surface area (Å²) in [5.74, 6) is 3.58. The Morgan fingerprint density at radius 3 is 3.00 bits per heavy atom. The van der Waals surface area contributed by atoms with Crippen molar-refractivity contribution in [2.75, 3.05) is 22.6 Å². The fourth-order valence-electron chi connectivity index (χ4n) is 2.20. The Kier molecular flexibility index (Phi) is 3.23. The molecule has 1 atom stereocenters. The average Bonchev–Trinajstić information content (AvgIpc) is 2.40. The number of fused-ring (bicyclic) bond motifs is 1. The summed E-state index contributed by atoms with van der Waals surface area (Å²) in [5, 5.41) is 4.31. The molecule has 1 aliphatic heterocycles. The van der Waals surface area contributed by atoms with Crippen LogP contribution in [0.3, 0.4) is 0 Å². The van der Waals surface area contributed by atoms with E-state index >= 15 is 0 Å². The van der Waals surface area contributed by atoms with Crippen molar-refractivity contribution in [1.82, 2.24) is 9.97 Å². The first-order valence-corrected chi connectivity index (χ1v) is 7.35. The van der Waals surface area contributed by atoms with Gasteiger partial charge in [-0.3, -0.25) is 0 Å². The van der Waals surface area contributed by atoms with E-state index in [-0.39, 0.29) is 0 Å². The Hall–Kier alpha value is -1.49. The van der Waals surface area contributed by atoms with Gasteiger partial charge in [0, 0.05) is 17.2 Å². The largest absolute Gasteiger partial charge is 0.383 e. The van der Waals surface area contributed by atoms with Crippen LogP contribution in [0.15, 0.2) is 24.3 Å². The normalized spacial score (nSPS) is 19.9. The molecule has 0 amide bonds. The summed E-state index contributed by atoms with van der Waals surface area (Å²) >= 11 is 1.98. The summed E-state index contributed by atoms with van der Waals surface area (Å²) in [7, 11) is 0. The number of anilines is 2. The molecule has 1 aromatic carbocycles. The number of nitrogens with zero attached hydrogens (tertiary/aromatic N) is 2. The van der Waals surface area contributed by atoms with Gasteiger partial charge in [-0.05, 0) is 30.7 Å². The molecule has 1 saturated heterocycles. The molecule has 0 bridgehead atoms. The SMILES string of the molecule is Nc1nc(NC2CCCSC2)nc2ccccc12. The quantitative estimate of drug-likeness (QED) is 0.868. The number of aromatic nitrogens is 2. The number of hydrogen-bond acceptors (Lipinski definition) is 5. The van der Waals surface area contributed by atoms with Crippen LogP contribution in [0.25, 0.3) is 10.9 Å². The molecule has 0 radical (unpaired) electrons. The standard InChI is InChI=1S/C13H16N4S/c14-12-10-5-1-2-6-11(10)16-13(17-12)15-9-4-3-7-18-8-9/h1-2,5-6,9H,3-4,7-8H2,(H3,14,15,16,17). The van der Waals surface area contributed by atoms with Crippen molar-refractivity contribution < 1.29 is 0 Å². The maximum Gasteiger partial charge on any atom is 0.225 e. The van der Waals surface area contributed by atoms with E-state index in [2.05, 4.69) is 15.3 Å². The summed E-state index contributed by atoms with van der Waals surface area (Å²) in [5.41, 5.74) is 6.86. The lowest BCUT2D eigenvalue weighted by Gasteiger charge is -2.22. The number of rotatable bonds is 2. The first kappa shape index (κ1) is 11.6. The monoisotopic (exact) mass is 260 g/mol. The number of nitrogen functional groups attached to an aromatic ring is 1. The zero-order valence-electron chi connectivity index (χ0n) is 10.1. The fourth-order valence-corrected chi connectivity index (χ4v) is 3.27. The minimum absolute atomic E-state index is 0.462. The van der Waals surface area contributed by atoms with E-state index in [4.69, 9.17) is 5.73 Å². The molecule has 2 aromatic rings. The summed E-state index contributed by atoms with van der Waals surface area (Å²) < 4.78 is 0. The minimum Gasteiger partial charge on any atom is -0.383 e. The Labute approximate surface area is 110 Å². The van der Waals surface area contributed by atoms with Gasteiger partial charge in [0.1, 0.15) is 5.82 Å². The molecule has 1 fully saturated rings. The third-order valence-electron chi connectivity index (χ3n) is 3.13. The van der Waals surface area contributed by atoms with E-state index < -0.39 is 0 Å². The fraction of sp³-hybridized carbons (Fsp3) is 0.385. The predicted octanol–water partition coefficient (Wildman–Crippen LogP) is 2.52. The summed E-state index contributed by atoms with van der Waals surface area (Å²) in [4.78, 5) is 8.86. The first-order chi connectivity index (χ1) is 8.83. The van der Waals surface area contributed by atoms with E-state index in [0.29, 0.717) is 17.8 Å². The maximum absolute atomic E-state index is 5.97. The van der Waals surface area contributed by atoms with Crippen LogP contribution in [-0.4, -0.2) is 27.5 Å². The molecule has 18 heavy (non-hydrogen) atoms. The summed E-state index contributed by atoms with van der Waals surface area (Å²) in [6, 6.07) is 8.30. The zero-order valence-corrected chi connectivity index (χ0v) is 10.9. The van der Waals surface area contributed by atoms with Crippen molar-refractivity contribution >= 4 is 34.4 Å². The van der Waals surface area contributed by atoms with Crippen molar-refractivity contribution in [3.63, 3.8) is 0 Å². The maximum atomic E-state index is 5.97. The molecular weight excluding hydrogens is 244 g/mol. The van der Waals surface area contributed by atoms with E-state index in [0.717, 1.165) is 16.7 Å².